The van der Waals surface area contributed by atoms with Crippen molar-refractivity contribution in [1.29, 1.82) is 0 Å². The molecule has 1 heterocycles. The van der Waals surface area contributed by atoms with Crippen LogP contribution in [0.4, 0.5) is 0 Å². The van der Waals surface area contributed by atoms with Gasteiger partial charge in [-0.2, -0.15) is 0 Å². The monoisotopic (exact) mass is 372 g/mol. The summed E-state index contributed by atoms with van der Waals surface area (Å²) in [6, 6.07) is 6.16. The zero-order valence-corrected chi connectivity index (χ0v) is 15.6. The Morgan fingerprint density at radius 3 is 2.38 bits per heavy atom. The third-order valence-electron chi connectivity index (χ3n) is 4.00. The second-order valence-corrected chi connectivity index (χ2v) is 6.13. The third kappa shape index (κ3) is 5.46. The van der Waals surface area contributed by atoms with E-state index in [0.717, 1.165) is 42.6 Å². The van der Waals surface area contributed by atoms with Crippen LogP contribution in [0.15, 0.2) is 18.2 Å². The first-order valence-corrected chi connectivity index (χ1v) is 7.78. The predicted molar refractivity (Wildman–Crippen MR) is 97.6 cm³/mol. The van der Waals surface area contributed by atoms with E-state index in [2.05, 4.69) is 24.1 Å². The SMILES string of the molecule is CCC(C)[C@H](c1cc(Cl)ccc1Cl)N1CCNCC1.Cl.Cl. The molecule has 0 amide bonds. The van der Waals surface area contributed by atoms with Crippen LogP contribution in [0, 0.1) is 5.92 Å². The summed E-state index contributed by atoms with van der Waals surface area (Å²) >= 11 is 12.6. The summed E-state index contributed by atoms with van der Waals surface area (Å²) in [5, 5.41) is 5.00. The van der Waals surface area contributed by atoms with Crippen LogP contribution in [0.25, 0.3) is 0 Å². The Hall–Kier alpha value is 0.300. The molecular formula is C15H24Cl4N2. The maximum atomic E-state index is 6.41. The van der Waals surface area contributed by atoms with E-state index in [1.807, 2.05) is 18.2 Å². The van der Waals surface area contributed by atoms with Gasteiger partial charge in [0.25, 0.3) is 0 Å². The van der Waals surface area contributed by atoms with Crippen LogP contribution in [0.3, 0.4) is 0 Å². The zero-order valence-electron chi connectivity index (χ0n) is 12.4. The Kier molecular flexibility index (Phi) is 10.3. The molecule has 0 bridgehead atoms. The van der Waals surface area contributed by atoms with Gasteiger partial charge in [0.1, 0.15) is 0 Å². The van der Waals surface area contributed by atoms with Gasteiger partial charge in [-0.3, -0.25) is 4.90 Å². The van der Waals surface area contributed by atoms with Crippen LogP contribution in [-0.2, 0) is 0 Å². The summed E-state index contributed by atoms with van der Waals surface area (Å²) < 4.78 is 0. The van der Waals surface area contributed by atoms with Crippen LogP contribution in [-0.4, -0.2) is 31.1 Å². The van der Waals surface area contributed by atoms with E-state index in [1.54, 1.807) is 0 Å². The lowest BCUT2D eigenvalue weighted by atomic mass is 9.90. The van der Waals surface area contributed by atoms with Crippen LogP contribution >= 0.6 is 48.0 Å². The molecule has 0 saturated carbocycles. The average Bonchev–Trinajstić information content (AvgIpc) is 2.44. The highest BCUT2D eigenvalue weighted by Gasteiger charge is 2.28. The molecule has 0 spiro atoms. The van der Waals surface area contributed by atoms with E-state index in [4.69, 9.17) is 23.2 Å². The minimum Gasteiger partial charge on any atom is -0.314 e. The second-order valence-electron chi connectivity index (χ2n) is 5.28. The normalized spacial score (nSPS) is 18.3. The maximum Gasteiger partial charge on any atom is 0.0455 e. The molecule has 0 aromatic heterocycles. The van der Waals surface area contributed by atoms with Gasteiger partial charge in [-0.15, -0.1) is 24.8 Å². The summed E-state index contributed by atoms with van der Waals surface area (Å²) in [4.78, 5) is 2.53. The summed E-state index contributed by atoms with van der Waals surface area (Å²) in [7, 11) is 0. The quantitative estimate of drug-likeness (QED) is 0.812. The molecule has 1 unspecified atom stereocenters. The Bertz CT molecular complexity index is 422. The molecule has 0 radical (unpaired) electrons. The minimum atomic E-state index is 0. The predicted octanol–water partition coefficient (Wildman–Crippen LogP) is 4.83. The highest BCUT2D eigenvalue weighted by molar-refractivity contribution is 6.33. The molecule has 6 heteroatoms. The molecule has 1 aliphatic heterocycles. The number of halogens is 4. The number of nitrogens with one attached hydrogen (secondary N) is 1. The lowest BCUT2D eigenvalue weighted by molar-refractivity contribution is 0.128. The van der Waals surface area contributed by atoms with E-state index in [9.17, 15) is 0 Å². The van der Waals surface area contributed by atoms with Crippen molar-refractivity contribution in [2.24, 2.45) is 5.92 Å². The fourth-order valence-corrected chi connectivity index (χ4v) is 3.20. The fraction of sp³-hybridized carbons (Fsp3) is 0.600. The van der Waals surface area contributed by atoms with Gasteiger partial charge in [0.05, 0.1) is 0 Å². The van der Waals surface area contributed by atoms with Crippen molar-refractivity contribution >= 4 is 48.0 Å². The van der Waals surface area contributed by atoms with Crippen molar-refractivity contribution in [3.63, 3.8) is 0 Å². The van der Waals surface area contributed by atoms with Crippen LogP contribution in [0.5, 0.6) is 0 Å². The van der Waals surface area contributed by atoms with E-state index in [1.165, 1.54) is 5.56 Å². The fourth-order valence-electron chi connectivity index (χ4n) is 2.79. The number of benzene rings is 1. The molecular weight excluding hydrogens is 350 g/mol. The number of nitrogens with zero attached hydrogens (tertiary/aromatic N) is 1. The molecule has 2 rings (SSSR count). The highest BCUT2D eigenvalue weighted by Crippen LogP contribution is 2.36. The van der Waals surface area contributed by atoms with Gasteiger partial charge in [0.15, 0.2) is 0 Å². The van der Waals surface area contributed by atoms with Gasteiger partial charge < -0.3 is 5.32 Å². The molecule has 21 heavy (non-hydrogen) atoms. The summed E-state index contributed by atoms with van der Waals surface area (Å²) in [5.41, 5.74) is 1.17. The topological polar surface area (TPSA) is 15.3 Å². The number of hydrogen-bond acceptors (Lipinski definition) is 2. The maximum absolute atomic E-state index is 6.41. The van der Waals surface area contributed by atoms with Gasteiger partial charge in [0, 0.05) is 42.3 Å². The van der Waals surface area contributed by atoms with E-state index in [0.29, 0.717) is 12.0 Å². The Morgan fingerprint density at radius 2 is 1.81 bits per heavy atom. The molecule has 1 fully saturated rings. The van der Waals surface area contributed by atoms with E-state index < -0.39 is 0 Å². The largest absolute Gasteiger partial charge is 0.314 e. The summed E-state index contributed by atoms with van der Waals surface area (Å²) in [6.07, 6.45) is 1.14. The van der Waals surface area contributed by atoms with Crippen molar-refractivity contribution in [3.05, 3.63) is 33.8 Å². The molecule has 1 aromatic rings. The lowest BCUT2D eigenvalue weighted by Gasteiger charge is -2.38. The number of piperazine rings is 1. The Labute approximate surface area is 150 Å². The van der Waals surface area contributed by atoms with Crippen molar-refractivity contribution in [1.82, 2.24) is 10.2 Å². The van der Waals surface area contributed by atoms with Crippen LogP contribution in [0.1, 0.15) is 31.9 Å². The van der Waals surface area contributed by atoms with Gasteiger partial charge >= 0.3 is 0 Å². The minimum absolute atomic E-state index is 0. The van der Waals surface area contributed by atoms with Crippen molar-refractivity contribution in [2.75, 3.05) is 26.2 Å². The molecule has 1 aliphatic rings. The standard InChI is InChI=1S/C15H22Cl2N2.2ClH/c1-3-11(2)15(19-8-6-18-7-9-19)13-10-12(16)4-5-14(13)17;;/h4-5,10-11,15,18H,3,6-9H2,1-2H3;2*1H/t11?,15-;;/m1../s1. The van der Waals surface area contributed by atoms with Crippen molar-refractivity contribution < 1.29 is 0 Å². The van der Waals surface area contributed by atoms with Gasteiger partial charge in [-0.25, -0.2) is 0 Å². The molecule has 1 aromatic carbocycles. The summed E-state index contributed by atoms with van der Waals surface area (Å²) in [5.74, 6) is 0.564. The van der Waals surface area contributed by atoms with E-state index >= 15 is 0 Å². The smallest absolute Gasteiger partial charge is 0.0455 e. The highest BCUT2D eigenvalue weighted by atomic mass is 35.5. The molecule has 2 nitrogen and oxygen atoms in total. The van der Waals surface area contributed by atoms with Gasteiger partial charge in [-0.1, -0.05) is 43.5 Å². The summed E-state index contributed by atoms with van der Waals surface area (Å²) in [6.45, 7) is 8.76. The second kappa shape index (κ2) is 10.1. The van der Waals surface area contributed by atoms with Crippen molar-refractivity contribution in [2.45, 2.75) is 26.3 Å². The van der Waals surface area contributed by atoms with Crippen LogP contribution in [0.2, 0.25) is 10.0 Å². The molecule has 2 atom stereocenters. The molecule has 1 saturated heterocycles. The number of hydrogen-bond donors (Lipinski definition) is 1. The first kappa shape index (κ1) is 21.3. The first-order chi connectivity index (χ1) is 9.13. The number of rotatable bonds is 4. The first-order valence-electron chi connectivity index (χ1n) is 7.03. The van der Waals surface area contributed by atoms with Gasteiger partial charge in [-0.05, 0) is 29.7 Å². The lowest BCUT2D eigenvalue weighted by Crippen LogP contribution is -2.46. The Balaban J connectivity index is 0.00000200. The third-order valence-corrected chi connectivity index (χ3v) is 4.58. The van der Waals surface area contributed by atoms with Gasteiger partial charge in [0.2, 0.25) is 0 Å². The van der Waals surface area contributed by atoms with E-state index in [-0.39, 0.29) is 24.8 Å². The molecule has 1 N–H and O–H groups in total. The van der Waals surface area contributed by atoms with Crippen LogP contribution < -0.4 is 5.32 Å². The average molecular weight is 374 g/mol. The Morgan fingerprint density at radius 1 is 1.19 bits per heavy atom. The molecule has 122 valence electrons. The zero-order chi connectivity index (χ0) is 13.8. The molecule has 0 aliphatic carbocycles. The van der Waals surface area contributed by atoms with Crippen molar-refractivity contribution in [3.8, 4) is 0 Å².